The van der Waals surface area contributed by atoms with Gasteiger partial charge in [-0.3, -0.25) is 9.59 Å². The van der Waals surface area contributed by atoms with Crippen LogP contribution in [0, 0.1) is 0 Å². The molecule has 0 atom stereocenters. The van der Waals surface area contributed by atoms with E-state index in [-0.39, 0.29) is 11.5 Å². The van der Waals surface area contributed by atoms with Crippen LogP contribution in [0.15, 0.2) is 51.5 Å². The Kier molecular flexibility index (Phi) is 3.89. The Morgan fingerprint density at radius 2 is 1.75 bits per heavy atom. The van der Waals surface area contributed by atoms with Crippen LogP contribution in [0.25, 0.3) is 11.0 Å². The topological polar surface area (TPSA) is 84.5 Å². The molecule has 6 nitrogen and oxygen atoms in total. The molecule has 0 aliphatic rings. The van der Waals surface area contributed by atoms with E-state index in [9.17, 15) is 9.59 Å². The van der Waals surface area contributed by atoms with Crippen LogP contribution in [0.2, 0.25) is 0 Å². The van der Waals surface area contributed by atoms with Gasteiger partial charge >= 0.3 is 0 Å². The van der Waals surface area contributed by atoms with Gasteiger partial charge in [0.05, 0.1) is 6.26 Å². The van der Waals surface area contributed by atoms with Gasteiger partial charge < -0.3 is 19.5 Å². The molecule has 0 fully saturated rings. The number of nitrogens with one attached hydrogen (secondary N) is 2. The Bertz CT molecular complexity index is 886. The second-order valence-electron chi connectivity index (χ2n) is 6.44. The first kappa shape index (κ1) is 15.9. The maximum Gasteiger partial charge on any atom is 0.291 e. The van der Waals surface area contributed by atoms with Gasteiger partial charge in [-0.05, 0) is 45.0 Å². The van der Waals surface area contributed by atoms with Crippen molar-refractivity contribution in [3.8, 4) is 0 Å². The fourth-order valence-corrected chi connectivity index (χ4v) is 2.31. The summed E-state index contributed by atoms with van der Waals surface area (Å²) in [4.78, 5) is 24.8. The molecule has 124 valence electrons. The van der Waals surface area contributed by atoms with E-state index >= 15 is 0 Å². The van der Waals surface area contributed by atoms with Gasteiger partial charge in [-0.15, -0.1) is 0 Å². The van der Waals surface area contributed by atoms with Crippen molar-refractivity contribution in [2.75, 3.05) is 5.32 Å². The second-order valence-corrected chi connectivity index (χ2v) is 6.44. The van der Waals surface area contributed by atoms with E-state index in [0.717, 1.165) is 0 Å². The SMILES string of the molecule is CC(C)(C)NC(=O)c1oc2ccccc2c1NC(=O)c1ccco1. The Hall–Kier alpha value is -3.02. The molecule has 6 heteroatoms. The quantitative estimate of drug-likeness (QED) is 0.766. The predicted octanol–water partition coefficient (Wildman–Crippen LogP) is 3.81. The van der Waals surface area contributed by atoms with E-state index in [1.165, 1.54) is 6.26 Å². The molecule has 24 heavy (non-hydrogen) atoms. The summed E-state index contributed by atoms with van der Waals surface area (Å²) in [5.74, 6) is -0.627. The zero-order valence-corrected chi connectivity index (χ0v) is 13.7. The molecule has 0 saturated carbocycles. The van der Waals surface area contributed by atoms with Crippen LogP contribution < -0.4 is 10.6 Å². The lowest BCUT2D eigenvalue weighted by molar-refractivity contribution is 0.0894. The van der Waals surface area contributed by atoms with E-state index in [1.807, 2.05) is 26.8 Å². The first-order valence-electron chi connectivity index (χ1n) is 7.54. The summed E-state index contributed by atoms with van der Waals surface area (Å²) in [6.07, 6.45) is 1.41. The molecular formula is C18H18N2O4. The summed E-state index contributed by atoms with van der Waals surface area (Å²) < 4.78 is 10.8. The van der Waals surface area contributed by atoms with E-state index in [1.54, 1.807) is 30.3 Å². The van der Waals surface area contributed by atoms with E-state index < -0.39 is 17.4 Å². The third-order valence-corrected chi connectivity index (χ3v) is 3.27. The number of benzene rings is 1. The maximum atomic E-state index is 12.5. The summed E-state index contributed by atoms with van der Waals surface area (Å²) in [6, 6.07) is 10.3. The Labute approximate surface area is 138 Å². The summed E-state index contributed by atoms with van der Waals surface area (Å²) in [5.41, 5.74) is 0.415. The average Bonchev–Trinajstić information content (AvgIpc) is 3.13. The van der Waals surface area contributed by atoms with Crippen molar-refractivity contribution in [1.29, 1.82) is 0 Å². The number of para-hydroxylation sites is 1. The lowest BCUT2D eigenvalue weighted by atomic mass is 10.1. The van der Waals surface area contributed by atoms with Crippen molar-refractivity contribution in [2.45, 2.75) is 26.3 Å². The highest BCUT2D eigenvalue weighted by Crippen LogP contribution is 2.31. The number of rotatable bonds is 3. The minimum absolute atomic E-state index is 0.0611. The van der Waals surface area contributed by atoms with E-state index in [0.29, 0.717) is 16.7 Å². The van der Waals surface area contributed by atoms with Crippen molar-refractivity contribution in [3.05, 3.63) is 54.2 Å². The molecule has 0 radical (unpaired) electrons. The normalized spacial score (nSPS) is 11.5. The number of furan rings is 2. The van der Waals surface area contributed by atoms with Crippen LogP contribution in [0.5, 0.6) is 0 Å². The van der Waals surface area contributed by atoms with Gasteiger partial charge in [0.15, 0.2) is 5.76 Å². The van der Waals surface area contributed by atoms with Crippen LogP contribution in [0.4, 0.5) is 5.69 Å². The number of fused-ring (bicyclic) bond motifs is 1. The van der Waals surface area contributed by atoms with Crippen LogP contribution in [-0.2, 0) is 0 Å². The van der Waals surface area contributed by atoms with Crippen LogP contribution >= 0.6 is 0 Å². The third-order valence-electron chi connectivity index (χ3n) is 3.27. The van der Waals surface area contributed by atoms with Crippen LogP contribution in [-0.4, -0.2) is 17.4 Å². The fraction of sp³-hybridized carbons (Fsp3) is 0.222. The van der Waals surface area contributed by atoms with Crippen LogP contribution in [0.1, 0.15) is 41.9 Å². The first-order chi connectivity index (χ1) is 11.3. The second kappa shape index (κ2) is 5.88. The number of hydrogen-bond acceptors (Lipinski definition) is 4. The fourth-order valence-electron chi connectivity index (χ4n) is 2.31. The van der Waals surface area contributed by atoms with Crippen molar-refractivity contribution in [2.24, 2.45) is 0 Å². The van der Waals surface area contributed by atoms with Gasteiger partial charge in [-0.2, -0.15) is 0 Å². The molecular weight excluding hydrogens is 308 g/mol. The third kappa shape index (κ3) is 3.17. The largest absolute Gasteiger partial charge is 0.459 e. The number of amides is 2. The Morgan fingerprint density at radius 3 is 2.42 bits per heavy atom. The predicted molar refractivity (Wildman–Crippen MR) is 90.1 cm³/mol. The molecule has 0 spiro atoms. The molecule has 2 amide bonds. The molecule has 2 aromatic heterocycles. The molecule has 0 bridgehead atoms. The lowest BCUT2D eigenvalue weighted by Gasteiger charge is -2.19. The monoisotopic (exact) mass is 326 g/mol. The standard InChI is InChI=1S/C18H18N2O4/c1-18(2,3)20-17(22)15-14(11-7-4-5-8-12(11)24-15)19-16(21)13-9-6-10-23-13/h4-10H,1-3H3,(H,19,21)(H,20,22). The molecule has 3 rings (SSSR count). The smallest absolute Gasteiger partial charge is 0.291 e. The Morgan fingerprint density at radius 1 is 1.00 bits per heavy atom. The van der Waals surface area contributed by atoms with Gasteiger partial charge in [0.25, 0.3) is 11.8 Å². The van der Waals surface area contributed by atoms with Gasteiger partial charge in [-0.1, -0.05) is 12.1 Å². The van der Waals surface area contributed by atoms with Gasteiger partial charge in [0, 0.05) is 10.9 Å². The molecule has 1 aromatic carbocycles. The lowest BCUT2D eigenvalue weighted by Crippen LogP contribution is -2.40. The van der Waals surface area contributed by atoms with Crippen molar-refractivity contribution >= 4 is 28.5 Å². The van der Waals surface area contributed by atoms with E-state index in [2.05, 4.69) is 10.6 Å². The molecule has 2 heterocycles. The minimum Gasteiger partial charge on any atom is -0.459 e. The highest BCUT2D eigenvalue weighted by Gasteiger charge is 2.25. The molecule has 3 aromatic rings. The summed E-state index contributed by atoms with van der Waals surface area (Å²) in [6.45, 7) is 5.61. The van der Waals surface area contributed by atoms with Crippen molar-refractivity contribution in [1.82, 2.24) is 5.32 Å². The minimum atomic E-state index is -0.448. The van der Waals surface area contributed by atoms with Gasteiger partial charge in [0.2, 0.25) is 5.76 Å². The highest BCUT2D eigenvalue weighted by molar-refractivity contribution is 6.13. The zero-order chi connectivity index (χ0) is 17.3. The van der Waals surface area contributed by atoms with Crippen LogP contribution in [0.3, 0.4) is 0 Å². The Balaban J connectivity index is 2.02. The summed E-state index contributed by atoms with van der Waals surface area (Å²) >= 11 is 0. The molecule has 0 aliphatic carbocycles. The first-order valence-corrected chi connectivity index (χ1v) is 7.54. The number of carbonyl (C=O) groups is 2. The van der Waals surface area contributed by atoms with Crippen molar-refractivity contribution in [3.63, 3.8) is 0 Å². The van der Waals surface area contributed by atoms with Crippen molar-refractivity contribution < 1.29 is 18.4 Å². The average molecular weight is 326 g/mol. The molecule has 0 unspecified atom stereocenters. The van der Waals surface area contributed by atoms with E-state index in [4.69, 9.17) is 8.83 Å². The van der Waals surface area contributed by atoms with Gasteiger partial charge in [-0.25, -0.2) is 0 Å². The maximum absolute atomic E-state index is 12.5. The molecule has 2 N–H and O–H groups in total. The summed E-state index contributed by atoms with van der Waals surface area (Å²) in [5, 5.41) is 6.20. The number of hydrogen-bond donors (Lipinski definition) is 2. The van der Waals surface area contributed by atoms with Gasteiger partial charge in [0.1, 0.15) is 11.3 Å². The molecule has 0 aliphatic heterocycles. The number of carbonyl (C=O) groups excluding carboxylic acids is 2. The summed E-state index contributed by atoms with van der Waals surface area (Å²) in [7, 11) is 0. The highest BCUT2D eigenvalue weighted by atomic mass is 16.4. The zero-order valence-electron chi connectivity index (χ0n) is 13.7. The molecule has 0 saturated heterocycles. The number of anilines is 1.